The Morgan fingerprint density at radius 3 is 2.35 bits per heavy atom. The number of likely N-dealkylation sites (tertiary alicyclic amines) is 1. The lowest BCUT2D eigenvalue weighted by molar-refractivity contribution is 0.234. The Bertz CT molecular complexity index is 1430. The van der Waals surface area contributed by atoms with Gasteiger partial charge in [-0.25, -0.2) is 13.2 Å². The molecule has 3 N–H and O–H groups in total. The summed E-state index contributed by atoms with van der Waals surface area (Å²) >= 11 is 0. The van der Waals surface area contributed by atoms with E-state index >= 15 is 0 Å². The number of rotatable bonds is 7. The standard InChI is InChI=1S/C16H23N3O.C15H22N2O2S/c1-2-18-11-5-7-13(8-6-12-18)19-15-10-4-3-9-14(15)17-16(19)20;1-13-12-15(8-7-14(13)6-2-3-9-16)20(18,19)17-10-4-5-11-17/h3-4,9-10,13H,2,5-8,11-12H2,1H3,(H,17,20);2,6-8,12H,3-5,9-11,16H2,1H3/b;6-2-. The van der Waals surface area contributed by atoms with Gasteiger partial charge in [0.1, 0.15) is 0 Å². The fraction of sp³-hybridized carbons (Fsp3) is 0.516. The lowest BCUT2D eigenvalue weighted by atomic mass is 10.0. The Kier molecular flexibility index (Phi) is 10.8. The van der Waals surface area contributed by atoms with Crippen molar-refractivity contribution in [3.63, 3.8) is 0 Å². The van der Waals surface area contributed by atoms with Crippen LogP contribution < -0.4 is 11.4 Å². The monoisotopic (exact) mass is 567 g/mol. The molecule has 2 aliphatic heterocycles. The van der Waals surface area contributed by atoms with Crippen LogP contribution in [0.1, 0.15) is 69.0 Å². The van der Waals surface area contributed by atoms with Crippen LogP contribution >= 0.6 is 0 Å². The molecule has 0 saturated carbocycles. The van der Waals surface area contributed by atoms with E-state index in [-0.39, 0.29) is 5.69 Å². The van der Waals surface area contributed by atoms with Crippen molar-refractivity contribution in [1.29, 1.82) is 0 Å². The first-order valence-electron chi connectivity index (χ1n) is 14.7. The molecule has 2 aliphatic rings. The van der Waals surface area contributed by atoms with Crippen LogP contribution in [0.2, 0.25) is 0 Å². The molecule has 0 unspecified atom stereocenters. The second kappa shape index (κ2) is 14.3. The van der Waals surface area contributed by atoms with Gasteiger partial charge in [0.15, 0.2) is 0 Å². The molecule has 5 rings (SSSR count). The number of benzene rings is 2. The van der Waals surface area contributed by atoms with Crippen molar-refractivity contribution in [3.05, 3.63) is 70.2 Å². The van der Waals surface area contributed by atoms with Crippen molar-refractivity contribution in [2.75, 3.05) is 39.3 Å². The fourth-order valence-electron chi connectivity index (χ4n) is 5.75. The van der Waals surface area contributed by atoms with Crippen LogP contribution in [0.5, 0.6) is 0 Å². The van der Waals surface area contributed by atoms with E-state index in [1.54, 1.807) is 16.4 Å². The second-order valence-corrected chi connectivity index (χ2v) is 12.7. The molecular weight excluding hydrogens is 522 g/mol. The predicted molar refractivity (Wildman–Crippen MR) is 164 cm³/mol. The maximum absolute atomic E-state index is 12.4. The quantitative estimate of drug-likeness (QED) is 0.422. The van der Waals surface area contributed by atoms with Gasteiger partial charge in [-0.3, -0.25) is 4.57 Å². The molecule has 0 radical (unpaired) electrons. The Hall–Kier alpha value is -2.72. The molecule has 2 fully saturated rings. The minimum Gasteiger partial charge on any atom is -0.330 e. The van der Waals surface area contributed by atoms with Gasteiger partial charge in [0.05, 0.1) is 15.9 Å². The Morgan fingerprint density at radius 2 is 1.70 bits per heavy atom. The first-order chi connectivity index (χ1) is 19.3. The van der Waals surface area contributed by atoms with E-state index in [2.05, 4.69) is 16.8 Å². The Balaban J connectivity index is 0.000000185. The molecule has 0 atom stereocenters. The number of fused-ring (bicyclic) bond motifs is 1. The van der Waals surface area contributed by atoms with E-state index in [0.717, 1.165) is 73.9 Å². The van der Waals surface area contributed by atoms with Crippen LogP contribution in [0.25, 0.3) is 17.1 Å². The number of nitrogens with two attached hydrogens (primary N) is 1. The van der Waals surface area contributed by atoms with E-state index in [1.807, 2.05) is 54.0 Å². The summed E-state index contributed by atoms with van der Waals surface area (Å²) in [6.45, 7) is 9.51. The van der Waals surface area contributed by atoms with Crippen molar-refractivity contribution < 1.29 is 8.42 Å². The van der Waals surface area contributed by atoms with Gasteiger partial charge in [-0.2, -0.15) is 4.31 Å². The average Bonchev–Trinajstić information content (AvgIpc) is 3.59. The van der Waals surface area contributed by atoms with Gasteiger partial charge in [0.2, 0.25) is 10.0 Å². The number of aromatic nitrogens is 2. The molecule has 2 saturated heterocycles. The third-order valence-corrected chi connectivity index (χ3v) is 9.93. The van der Waals surface area contributed by atoms with Gasteiger partial charge < -0.3 is 15.6 Å². The molecule has 40 heavy (non-hydrogen) atoms. The molecule has 1 aromatic heterocycles. The van der Waals surface area contributed by atoms with Crippen LogP contribution in [-0.2, 0) is 10.0 Å². The van der Waals surface area contributed by atoms with Crippen LogP contribution in [0.3, 0.4) is 0 Å². The normalized spacial score (nSPS) is 18.1. The highest BCUT2D eigenvalue weighted by Crippen LogP contribution is 2.26. The van der Waals surface area contributed by atoms with Crippen LogP contribution in [0, 0.1) is 6.92 Å². The minimum absolute atomic E-state index is 0.0455. The summed E-state index contributed by atoms with van der Waals surface area (Å²) in [4.78, 5) is 18.1. The lowest BCUT2D eigenvalue weighted by Crippen LogP contribution is -2.31. The van der Waals surface area contributed by atoms with Gasteiger partial charge in [0, 0.05) is 19.1 Å². The summed E-state index contributed by atoms with van der Waals surface area (Å²) in [5.41, 5.74) is 9.51. The van der Waals surface area contributed by atoms with Crippen molar-refractivity contribution in [2.45, 2.75) is 69.7 Å². The molecule has 0 spiro atoms. The fourth-order valence-corrected chi connectivity index (χ4v) is 7.35. The van der Waals surface area contributed by atoms with Gasteiger partial charge >= 0.3 is 5.69 Å². The minimum atomic E-state index is -3.31. The Morgan fingerprint density at radius 1 is 1.00 bits per heavy atom. The van der Waals surface area contributed by atoms with Gasteiger partial charge in [-0.1, -0.05) is 37.3 Å². The first-order valence-corrected chi connectivity index (χ1v) is 16.2. The summed E-state index contributed by atoms with van der Waals surface area (Å²) in [5.74, 6) is 0. The number of hydrogen-bond donors (Lipinski definition) is 2. The number of para-hydroxylation sites is 2. The lowest BCUT2D eigenvalue weighted by Gasteiger charge is -2.27. The topological polar surface area (TPSA) is 104 Å². The summed E-state index contributed by atoms with van der Waals surface area (Å²) in [5, 5.41) is 0. The third kappa shape index (κ3) is 7.32. The maximum atomic E-state index is 12.4. The Labute approximate surface area is 238 Å². The molecular formula is C31H45N5O3S. The highest BCUT2D eigenvalue weighted by Gasteiger charge is 2.27. The largest absolute Gasteiger partial charge is 0.330 e. The second-order valence-electron chi connectivity index (χ2n) is 10.8. The SMILES string of the molecule is CCN1CCCC(n2c(=O)[nH]c3ccccc32)CCC1.Cc1cc(S(=O)(=O)N2CCCC2)ccc1/C=C\CCN. The molecule has 2 aromatic carbocycles. The number of imidazole rings is 1. The number of hydrogen-bond acceptors (Lipinski definition) is 5. The van der Waals surface area contributed by atoms with Crippen molar-refractivity contribution in [1.82, 2.24) is 18.8 Å². The van der Waals surface area contributed by atoms with Crippen LogP contribution in [0.4, 0.5) is 0 Å². The number of aryl methyl sites for hydroxylation is 1. The maximum Gasteiger partial charge on any atom is 0.326 e. The van der Waals surface area contributed by atoms with E-state index in [4.69, 9.17) is 5.73 Å². The molecule has 8 nitrogen and oxygen atoms in total. The van der Waals surface area contributed by atoms with Crippen LogP contribution in [0.15, 0.2) is 58.2 Å². The van der Waals surface area contributed by atoms with E-state index in [1.165, 1.54) is 12.8 Å². The molecule has 0 aliphatic carbocycles. The van der Waals surface area contributed by atoms with E-state index in [0.29, 0.717) is 30.6 Å². The number of H-pyrrole nitrogens is 1. The number of sulfonamides is 1. The van der Waals surface area contributed by atoms with Crippen molar-refractivity contribution in [2.24, 2.45) is 5.73 Å². The molecule has 218 valence electrons. The van der Waals surface area contributed by atoms with Gasteiger partial charge in [-0.15, -0.1) is 0 Å². The zero-order valence-corrected chi connectivity index (χ0v) is 24.8. The summed E-state index contributed by atoms with van der Waals surface area (Å²) < 4.78 is 28.5. The van der Waals surface area contributed by atoms with Crippen LogP contribution in [-0.4, -0.2) is 66.4 Å². The molecule has 9 heteroatoms. The number of aromatic amines is 1. The highest BCUT2D eigenvalue weighted by atomic mass is 32.2. The summed E-state index contributed by atoms with van der Waals surface area (Å²) in [6, 6.07) is 13.7. The molecule has 0 amide bonds. The summed E-state index contributed by atoms with van der Waals surface area (Å²) in [6.07, 6.45) is 11.3. The van der Waals surface area contributed by atoms with Crippen molar-refractivity contribution in [3.8, 4) is 0 Å². The van der Waals surface area contributed by atoms with Gasteiger partial charge in [0.25, 0.3) is 0 Å². The molecule has 0 bridgehead atoms. The zero-order chi connectivity index (χ0) is 28.5. The smallest absolute Gasteiger partial charge is 0.326 e. The molecule has 3 heterocycles. The van der Waals surface area contributed by atoms with E-state index < -0.39 is 10.0 Å². The predicted octanol–water partition coefficient (Wildman–Crippen LogP) is 4.91. The number of nitrogens with one attached hydrogen (secondary N) is 1. The number of nitrogens with zero attached hydrogens (tertiary/aromatic N) is 3. The zero-order valence-electron chi connectivity index (χ0n) is 24.0. The highest BCUT2D eigenvalue weighted by molar-refractivity contribution is 7.89. The van der Waals surface area contributed by atoms with E-state index in [9.17, 15) is 13.2 Å². The van der Waals surface area contributed by atoms with Gasteiger partial charge in [-0.05, 0) is 113 Å². The molecule has 3 aromatic rings. The average molecular weight is 568 g/mol. The third-order valence-electron chi connectivity index (χ3n) is 8.03. The van der Waals surface area contributed by atoms with Crippen molar-refractivity contribution >= 4 is 27.1 Å². The summed E-state index contributed by atoms with van der Waals surface area (Å²) in [7, 11) is -3.31. The first kappa shape index (κ1) is 30.2.